The van der Waals surface area contributed by atoms with E-state index in [-0.39, 0.29) is 0 Å². The third-order valence-corrected chi connectivity index (χ3v) is 3.30. The first-order chi connectivity index (χ1) is 7.33. The molecule has 1 aromatic carbocycles. The smallest absolute Gasteiger partial charge is 0.128 e. The van der Waals surface area contributed by atoms with E-state index in [2.05, 4.69) is 6.07 Å². The maximum atomic E-state index is 9.98. The van der Waals surface area contributed by atoms with Crippen LogP contribution in [0.15, 0.2) is 18.2 Å². The maximum absolute atomic E-state index is 9.98. The van der Waals surface area contributed by atoms with Crippen molar-refractivity contribution in [3.63, 3.8) is 0 Å². The SMILES string of the molecule is CSCC(O)c1cccc2c1OCCC2. The zero-order chi connectivity index (χ0) is 10.7. The molecule has 0 saturated heterocycles. The van der Waals surface area contributed by atoms with Gasteiger partial charge in [0.2, 0.25) is 0 Å². The minimum atomic E-state index is -0.409. The number of hydrogen-bond acceptors (Lipinski definition) is 3. The number of hydrogen-bond donors (Lipinski definition) is 1. The minimum Gasteiger partial charge on any atom is -0.493 e. The highest BCUT2D eigenvalue weighted by Crippen LogP contribution is 2.33. The van der Waals surface area contributed by atoms with Gasteiger partial charge >= 0.3 is 0 Å². The molecule has 0 aromatic heterocycles. The first-order valence-electron chi connectivity index (χ1n) is 5.24. The molecule has 0 fully saturated rings. The highest BCUT2D eigenvalue weighted by molar-refractivity contribution is 7.98. The van der Waals surface area contributed by atoms with Crippen LogP contribution in [-0.4, -0.2) is 23.7 Å². The van der Waals surface area contributed by atoms with E-state index in [9.17, 15) is 5.11 Å². The van der Waals surface area contributed by atoms with Crippen LogP contribution in [0, 0.1) is 0 Å². The van der Waals surface area contributed by atoms with Gasteiger partial charge < -0.3 is 9.84 Å². The summed E-state index contributed by atoms with van der Waals surface area (Å²) in [6.45, 7) is 0.774. The van der Waals surface area contributed by atoms with Gasteiger partial charge in [-0.05, 0) is 24.7 Å². The van der Waals surface area contributed by atoms with Crippen LogP contribution < -0.4 is 4.74 Å². The molecule has 15 heavy (non-hydrogen) atoms. The Labute approximate surface area is 94.6 Å². The van der Waals surface area contributed by atoms with Gasteiger partial charge in [-0.15, -0.1) is 0 Å². The Morgan fingerprint density at radius 1 is 1.53 bits per heavy atom. The van der Waals surface area contributed by atoms with E-state index in [1.54, 1.807) is 11.8 Å². The Bertz CT molecular complexity index is 338. The summed E-state index contributed by atoms with van der Waals surface area (Å²) in [5.74, 6) is 1.64. The third-order valence-electron chi connectivity index (χ3n) is 2.65. The van der Waals surface area contributed by atoms with Crippen molar-refractivity contribution in [2.24, 2.45) is 0 Å². The van der Waals surface area contributed by atoms with Gasteiger partial charge in [-0.3, -0.25) is 0 Å². The number of aliphatic hydroxyl groups excluding tert-OH is 1. The van der Waals surface area contributed by atoms with Crippen molar-refractivity contribution in [1.82, 2.24) is 0 Å². The molecule has 1 atom stereocenters. The van der Waals surface area contributed by atoms with Crippen LogP contribution in [0.5, 0.6) is 5.75 Å². The predicted molar refractivity (Wildman–Crippen MR) is 63.6 cm³/mol. The average Bonchev–Trinajstić information content (AvgIpc) is 2.28. The van der Waals surface area contributed by atoms with Gasteiger partial charge in [-0.1, -0.05) is 18.2 Å². The molecule has 1 aliphatic rings. The van der Waals surface area contributed by atoms with Gasteiger partial charge in [-0.25, -0.2) is 0 Å². The number of rotatable bonds is 3. The minimum absolute atomic E-state index is 0.409. The van der Waals surface area contributed by atoms with E-state index in [4.69, 9.17) is 4.74 Å². The molecule has 3 heteroatoms. The molecule has 82 valence electrons. The van der Waals surface area contributed by atoms with Gasteiger partial charge in [0.25, 0.3) is 0 Å². The topological polar surface area (TPSA) is 29.5 Å². The third kappa shape index (κ3) is 2.29. The number of ether oxygens (including phenoxy) is 1. The molecule has 1 aromatic rings. The standard InChI is InChI=1S/C12H16O2S/c1-15-8-11(13)10-6-2-4-9-5-3-7-14-12(9)10/h2,4,6,11,13H,3,5,7-8H2,1H3. The molecule has 0 bridgehead atoms. The molecular formula is C12H16O2S. The molecule has 0 radical (unpaired) electrons. The van der Waals surface area contributed by atoms with Gasteiger partial charge in [0.05, 0.1) is 12.7 Å². The van der Waals surface area contributed by atoms with Crippen LogP contribution in [-0.2, 0) is 6.42 Å². The fourth-order valence-corrected chi connectivity index (χ4v) is 2.42. The number of benzene rings is 1. The van der Waals surface area contributed by atoms with Crippen LogP contribution in [0.4, 0.5) is 0 Å². The Morgan fingerprint density at radius 2 is 2.40 bits per heavy atom. The zero-order valence-electron chi connectivity index (χ0n) is 8.90. The van der Waals surface area contributed by atoms with Crippen molar-refractivity contribution in [3.05, 3.63) is 29.3 Å². The van der Waals surface area contributed by atoms with E-state index < -0.39 is 6.10 Å². The van der Waals surface area contributed by atoms with Gasteiger partial charge in [0.1, 0.15) is 5.75 Å². The quantitative estimate of drug-likeness (QED) is 0.855. The van der Waals surface area contributed by atoms with Crippen LogP contribution in [0.2, 0.25) is 0 Å². The summed E-state index contributed by atoms with van der Waals surface area (Å²) in [7, 11) is 0. The zero-order valence-corrected chi connectivity index (χ0v) is 9.72. The van der Waals surface area contributed by atoms with Gasteiger partial charge in [-0.2, -0.15) is 11.8 Å². The van der Waals surface area contributed by atoms with Gasteiger partial charge in [0, 0.05) is 11.3 Å². The van der Waals surface area contributed by atoms with E-state index >= 15 is 0 Å². The Kier molecular flexibility index (Phi) is 3.54. The Morgan fingerprint density at radius 3 is 3.20 bits per heavy atom. The van der Waals surface area contributed by atoms with Crippen LogP contribution >= 0.6 is 11.8 Å². The summed E-state index contributed by atoms with van der Waals surface area (Å²) < 4.78 is 5.65. The second-order valence-corrected chi connectivity index (χ2v) is 4.67. The summed E-state index contributed by atoms with van der Waals surface area (Å²) in [5, 5.41) is 9.98. The number of fused-ring (bicyclic) bond motifs is 1. The summed E-state index contributed by atoms with van der Waals surface area (Å²) in [4.78, 5) is 0. The molecule has 1 aliphatic heterocycles. The van der Waals surface area contributed by atoms with Crippen molar-refractivity contribution in [2.75, 3.05) is 18.6 Å². The van der Waals surface area contributed by atoms with Crippen molar-refractivity contribution < 1.29 is 9.84 Å². The molecule has 1 N–H and O–H groups in total. The lowest BCUT2D eigenvalue weighted by Gasteiger charge is -2.22. The average molecular weight is 224 g/mol. The molecule has 1 unspecified atom stereocenters. The number of thioether (sulfide) groups is 1. The Balaban J connectivity index is 2.30. The Hall–Kier alpha value is -0.670. The molecule has 2 nitrogen and oxygen atoms in total. The van der Waals surface area contributed by atoms with Crippen molar-refractivity contribution in [1.29, 1.82) is 0 Å². The van der Waals surface area contributed by atoms with Crippen LogP contribution in [0.1, 0.15) is 23.7 Å². The first-order valence-corrected chi connectivity index (χ1v) is 6.64. The highest BCUT2D eigenvalue weighted by atomic mass is 32.2. The van der Waals surface area contributed by atoms with E-state index in [1.165, 1.54) is 5.56 Å². The van der Waals surface area contributed by atoms with E-state index in [1.807, 2.05) is 18.4 Å². The summed E-state index contributed by atoms with van der Waals surface area (Å²) in [6.07, 6.45) is 3.73. The second kappa shape index (κ2) is 4.90. The molecule has 0 saturated carbocycles. The maximum Gasteiger partial charge on any atom is 0.128 e. The fourth-order valence-electron chi connectivity index (χ4n) is 1.92. The molecule has 2 rings (SSSR count). The van der Waals surface area contributed by atoms with Crippen molar-refractivity contribution in [3.8, 4) is 5.75 Å². The van der Waals surface area contributed by atoms with Gasteiger partial charge in [0.15, 0.2) is 0 Å². The normalized spacial score (nSPS) is 16.7. The molecular weight excluding hydrogens is 208 g/mol. The summed E-state index contributed by atoms with van der Waals surface area (Å²) >= 11 is 1.65. The van der Waals surface area contributed by atoms with E-state index in [0.29, 0.717) is 0 Å². The number of para-hydroxylation sites is 1. The summed E-state index contributed by atoms with van der Waals surface area (Å²) in [5.41, 5.74) is 2.18. The molecule has 0 spiro atoms. The molecule has 1 heterocycles. The fraction of sp³-hybridized carbons (Fsp3) is 0.500. The molecule has 0 aliphatic carbocycles. The second-order valence-electron chi connectivity index (χ2n) is 3.76. The van der Waals surface area contributed by atoms with Crippen LogP contribution in [0.3, 0.4) is 0 Å². The monoisotopic (exact) mass is 224 g/mol. The summed E-state index contributed by atoms with van der Waals surface area (Å²) in [6, 6.07) is 6.06. The first kappa shape index (κ1) is 10.8. The lowest BCUT2D eigenvalue weighted by molar-refractivity contribution is 0.192. The number of aliphatic hydroxyl groups is 1. The predicted octanol–water partition coefficient (Wildman–Crippen LogP) is 2.41. The highest BCUT2D eigenvalue weighted by Gasteiger charge is 2.18. The number of aryl methyl sites for hydroxylation is 1. The van der Waals surface area contributed by atoms with E-state index in [0.717, 1.165) is 36.5 Å². The molecule has 0 amide bonds. The lowest BCUT2D eigenvalue weighted by atomic mass is 10.00. The van der Waals surface area contributed by atoms with Crippen LogP contribution in [0.25, 0.3) is 0 Å². The van der Waals surface area contributed by atoms with Crippen molar-refractivity contribution in [2.45, 2.75) is 18.9 Å². The van der Waals surface area contributed by atoms with Crippen molar-refractivity contribution >= 4 is 11.8 Å². The lowest BCUT2D eigenvalue weighted by Crippen LogP contribution is -2.12. The largest absolute Gasteiger partial charge is 0.493 e.